The maximum Gasteiger partial charge on any atom is 0.234 e. The van der Waals surface area contributed by atoms with Crippen molar-refractivity contribution in [2.75, 3.05) is 26.8 Å². The lowest BCUT2D eigenvalue weighted by atomic mass is 10.1. The maximum atomic E-state index is 11.8. The van der Waals surface area contributed by atoms with Crippen LogP contribution in [0.25, 0.3) is 0 Å². The Labute approximate surface area is 112 Å². The molecule has 1 aliphatic carbocycles. The van der Waals surface area contributed by atoms with Crippen LogP contribution in [-0.4, -0.2) is 32.7 Å². The molecule has 1 aromatic rings. The minimum Gasteiger partial charge on any atom is -0.383 e. The van der Waals surface area contributed by atoms with E-state index >= 15 is 0 Å². The molecule has 100 valence electrons. The molecule has 1 saturated carbocycles. The first-order chi connectivity index (χ1) is 8.81. The van der Waals surface area contributed by atoms with Gasteiger partial charge in [-0.2, -0.15) is 0 Å². The van der Waals surface area contributed by atoms with Gasteiger partial charge in [0.25, 0.3) is 0 Å². The Hall–Kier alpha value is -0.910. The van der Waals surface area contributed by atoms with Gasteiger partial charge in [0.05, 0.1) is 19.2 Å². The van der Waals surface area contributed by atoms with Gasteiger partial charge in [0.1, 0.15) is 0 Å². The third-order valence-corrected chi connectivity index (χ3v) is 3.98. The van der Waals surface area contributed by atoms with Crippen LogP contribution < -0.4 is 10.6 Å². The molecule has 0 spiro atoms. The summed E-state index contributed by atoms with van der Waals surface area (Å²) in [4.78, 5) is 13.1. The highest BCUT2D eigenvalue weighted by Crippen LogP contribution is 2.42. The summed E-state index contributed by atoms with van der Waals surface area (Å²) in [6, 6.07) is 4.35. The van der Waals surface area contributed by atoms with E-state index in [1.807, 2.05) is 6.07 Å². The summed E-state index contributed by atoms with van der Waals surface area (Å²) in [5.74, 6) is 0.697. The molecule has 1 aliphatic rings. The molecule has 18 heavy (non-hydrogen) atoms. The zero-order valence-electron chi connectivity index (χ0n) is 10.6. The van der Waals surface area contributed by atoms with Crippen molar-refractivity contribution < 1.29 is 9.53 Å². The summed E-state index contributed by atoms with van der Waals surface area (Å²) in [6.07, 6.45) is 2.44. The van der Waals surface area contributed by atoms with Gasteiger partial charge in [-0.05, 0) is 30.2 Å². The van der Waals surface area contributed by atoms with Gasteiger partial charge in [0.2, 0.25) is 5.91 Å². The summed E-state index contributed by atoms with van der Waals surface area (Å²) in [6.45, 7) is 1.69. The van der Waals surface area contributed by atoms with Gasteiger partial charge in [0.15, 0.2) is 0 Å². The van der Waals surface area contributed by atoms with Crippen LogP contribution in [0, 0.1) is 5.92 Å². The summed E-state index contributed by atoms with van der Waals surface area (Å²) < 4.78 is 4.92. The van der Waals surface area contributed by atoms with Crippen molar-refractivity contribution in [2.45, 2.75) is 18.9 Å². The van der Waals surface area contributed by atoms with E-state index in [9.17, 15) is 4.79 Å². The molecule has 1 heterocycles. The Morgan fingerprint density at radius 3 is 3.06 bits per heavy atom. The monoisotopic (exact) mass is 268 g/mol. The van der Waals surface area contributed by atoms with Crippen molar-refractivity contribution in [3.8, 4) is 0 Å². The van der Waals surface area contributed by atoms with E-state index in [4.69, 9.17) is 4.74 Å². The molecular weight excluding hydrogens is 248 g/mol. The molecule has 5 heteroatoms. The molecule has 0 bridgehead atoms. The maximum absolute atomic E-state index is 11.8. The molecule has 1 unspecified atom stereocenters. The van der Waals surface area contributed by atoms with Crippen LogP contribution in [0.2, 0.25) is 0 Å². The molecule has 2 rings (SSSR count). The second-order valence-electron chi connectivity index (χ2n) is 4.57. The lowest BCUT2D eigenvalue weighted by Gasteiger charge is -2.17. The molecule has 1 atom stereocenters. The van der Waals surface area contributed by atoms with Crippen LogP contribution in [-0.2, 0) is 9.53 Å². The quantitative estimate of drug-likeness (QED) is 0.703. The molecule has 0 aliphatic heterocycles. The lowest BCUT2D eigenvalue weighted by molar-refractivity contribution is -0.121. The highest BCUT2D eigenvalue weighted by molar-refractivity contribution is 7.10. The van der Waals surface area contributed by atoms with Crippen LogP contribution >= 0.6 is 11.3 Å². The summed E-state index contributed by atoms with van der Waals surface area (Å²) >= 11 is 1.72. The standard InChI is InChI=1S/C13H20N2O2S/c1-17-7-6-14-9-12(16)15-13(10-4-5-10)11-3-2-8-18-11/h2-3,8,10,13-14H,4-7,9H2,1H3,(H,15,16). The normalized spacial score (nSPS) is 16.5. The molecule has 0 radical (unpaired) electrons. The van der Waals surface area contributed by atoms with Crippen molar-refractivity contribution in [1.29, 1.82) is 0 Å². The minimum absolute atomic E-state index is 0.0661. The Morgan fingerprint density at radius 1 is 1.61 bits per heavy atom. The zero-order valence-corrected chi connectivity index (χ0v) is 11.5. The van der Waals surface area contributed by atoms with Gasteiger partial charge in [-0.3, -0.25) is 4.79 Å². The largest absolute Gasteiger partial charge is 0.383 e. The first kappa shape index (κ1) is 13.5. The van der Waals surface area contributed by atoms with E-state index in [1.165, 1.54) is 17.7 Å². The number of thiophene rings is 1. The Balaban J connectivity index is 1.77. The van der Waals surface area contributed by atoms with Gasteiger partial charge in [-0.15, -0.1) is 11.3 Å². The predicted octanol–water partition coefficient (Wildman–Crippen LogP) is 1.55. The second-order valence-corrected chi connectivity index (χ2v) is 5.55. The average Bonchev–Trinajstić information content (AvgIpc) is 3.06. The smallest absolute Gasteiger partial charge is 0.234 e. The summed E-state index contributed by atoms with van der Waals surface area (Å²) in [5.41, 5.74) is 0. The topological polar surface area (TPSA) is 50.4 Å². The van der Waals surface area contributed by atoms with Crippen molar-refractivity contribution >= 4 is 17.2 Å². The number of carbonyl (C=O) groups excluding carboxylic acids is 1. The third kappa shape index (κ3) is 4.08. The molecular formula is C13H20N2O2S. The average molecular weight is 268 g/mol. The van der Waals surface area contributed by atoms with Crippen molar-refractivity contribution in [1.82, 2.24) is 10.6 Å². The minimum atomic E-state index is 0.0661. The van der Waals surface area contributed by atoms with E-state index in [0.717, 1.165) is 0 Å². The predicted molar refractivity (Wildman–Crippen MR) is 72.7 cm³/mol. The number of amides is 1. The molecule has 1 aromatic heterocycles. The van der Waals surface area contributed by atoms with Crippen LogP contribution in [0.5, 0.6) is 0 Å². The van der Waals surface area contributed by atoms with Crippen LogP contribution in [0.3, 0.4) is 0 Å². The molecule has 1 amide bonds. The summed E-state index contributed by atoms with van der Waals surface area (Å²) in [5, 5.41) is 8.25. The van der Waals surface area contributed by atoms with E-state index in [1.54, 1.807) is 18.4 Å². The van der Waals surface area contributed by atoms with Crippen LogP contribution in [0.15, 0.2) is 17.5 Å². The second kappa shape index (κ2) is 6.87. The highest BCUT2D eigenvalue weighted by Gasteiger charge is 2.33. The molecule has 0 saturated heterocycles. The first-order valence-electron chi connectivity index (χ1n) is 6.33. The first-order valence-corrected chi connectivity index (χ1v) is 7.21. The number of hydrogen-bond donors (Lipinski definition) is 2. The fourth-order valence-corrected chi connectivity index (χ4v) is 2.79. The van der Waals surface area contributed by atoms with Crippen molar-refractivity contribution in [3.05, 3.63) is 22.4 Å². The van der Waals surface area contributed by atoms with Crippen molar-refractivity contribution in [2.24, 2.45) is 5.92 Å². The summed E-state index contributed by atoms with van der Waals surface area (Å²) in [7, 11) is 1.65. The van der Waals surface area contributed by atoms with Gasteiger partial charge in [-0.25, -0.2) is 0 Å². The third-order valence-electron chi connectivity index (χ3n) is 3.03. The molecule has 4 nitrogen and oxygen atoms in total. The van der Waals surface area contributed by atoms with Crippen molar-refractivity contribution in [3.63, 3.8) is 0 Å². The van der Waals surface area contributed by atoms with Gasteiger partial charge < -0.3 is 15.4 Å². The lowest BCUT2D eigenvalue weighted by Crippen LogP contribution is -2.37. The van der Waals surface area contributed by atoms with E-state index < -0.39 is 0 Å². The SMILES string of the molecule is COCCNCC(=O)NC(c1cccs1)C1CC1. The Bertz CT molecular complexity index is 363. The number of nitrogens with one attached hydrogen (secondary N) is 2. The fraction of sp³-hybridized carbons (Fsp3) is 0.615. The number of methoxy groups -OCH3 is 1. The number of ether oxygens (including phenoxy) is 1. The van der Waals surface area contributed by atoms with Gasteiger partial charge >= 0.3 is 0 Å². The fourth-order valence-electron chi connectivity index (χ4n) is 1.92. The highest BCUT2D eigenvalue weighted by atomic mass is 32.1. The number of carbonyl (C=O) groups is 1. The Morgan fingerprint density at radius 2 is 2.44 bits per heavy atom. The molecule has 2 N–H and O–H groups in total. The van der Waals surface area contributed by atoms with E-state index in [2.05, 4.69) is 22.1 Å². The molecule has 0 aromatic carbocycles. The zero-order chi connectivity index (χ0) is 12.8. The number of hydrogen-bond acceptors (Lipinski definition) is 4. The van der Waals surface area contributed by atoms with E-state index in [-0.39, 0.29) is 11.9 Å². The van der Waals surface area contributed by atoms with Crippen LogP contribution in [0.1, 0.15) is 23.8 Å². The number of rotatable bonds is 8. The van der Waals surface area contributed by atoms with Gasteiger partial charge in [-0.1, -0.05) is 6.07 Å². The van der Waals surface area contributed by atoms with E-state index in [0.29, 0.717) is 25.6 Å². The van der Waals surface area contributed by atoms with Gasteiger partial charge in [0, 0.05) is 18.5 Å². The molecule has 1 fully saturated rings. The Kier molecular flexibility index (Phi) is 5.16. The van der Waals surface area contributed by atoms with Crippen LogP contribution in [0.4, 0.5) is 0 Å².